The maximum Gasteiger partial charge on any atom is 0.289 e. The zero-order valence-corrected chi connectivity index (χ0v) is 13.1. The highest BCUT2D eigenvalue weighted by atomic mass is 16.3. The summed E-state index contributed by atoms with van der Waals surface area (Å²) in [5.41, 5.74) is 1.63. The van der Waals surface area contributed by atoms with E-state index in [1.807, 2.05) is 24.3 Å². The lowest BCUT2D eigenvalue weighted by Crippen LogP contribution is -2.50. The topological polar surface area (TPSA) is 69.6 Å². The third-order valence-electron chi connectivity index (χ3n) is 4.41. The lowest BCUT2D eigenvalue weighted by molar-refractivity contribution is 0.0519. The molecule has 1 N–H and O–H groups in total. The smallest absolute Gasteiger partial charge is 0.289 e. The highest BCUT2D eigenvalue weighted by Gasteiger charge is 2.27. The molecular formula is C18H17N3O3. The summed E-state index contributed by atoms with van der Waals surface area (Å²) in [5, 5.41) is 0.927. The van der Waals surface area contributed by atoms with Crippen LogP contribution in [0.4, 0.5) is 0 Å². The third-order valence-corrected chi connectivity index (χ3v) is 4.41. The van der Waals surface area contributed by atoms with Crippen molar-refractivity contribution in [1.29, 1.82) is 0 Å². The number of furan rings is 1. The summed E-state index contributed by atoms with van der Waals surface area (Å²) >= 11 is 0. The number of nitrogens with one attached hydrogen (secondary N) is 1. The summed E-state index contributed by atoms with van der Waals surface area (Å²) in [6.07, 6.45) is 3.25. The molecule has 2 aromatic heterocycles. The normalized spacial score (nSPS) is 15.0. The number of hydrogen-bond acceptors (Lipinski definition) is 3. The number of nitrogens with zero attached hydrogens (tertiary/aromatic N) is 2. The summed E-state index contributed by atoms with van der Waals surface area (Å²) in [6, 6.07) is 11.1. The molecule has 6 nitrogen and oxygen atoms in total. The molecule has 3 heterocycles. The predicted molar refractivity (Wildman–Crippen MR) is 88.8 cm³/mol. The SMILES string of the molecule is O=C(c1ccco1)N1CCN(C(=O)c2c[nH]c3ccccc23)CC1. The van der Waals surface area contributed by atoms with Gasteiger partial charge in [-0.25, -0.2) is 0 Å². The monoisotopic (exact) mass is 323 g/mol. The van der Waals surface area contributed by atoms with Crippen molar-refractivity contribution in [3.05, 3.63) is 60.2 Å². The van der Waals surface area contributed by atoms with E-state index in [1.54, 1.807) is 28.1 Å². The molecule has 1 aromatic carbocycles. The van der Waals surface area contributed by atoms with Crippen molar-refractivity contribution in [2.24, 2.45) is 0 Å². The molecule has 0 saturated carbocycles. The van der Waals surface area contributed by atoms with Crippen LogP contribution < -0.4 is 0 Å². The van der Waals surface area contributed by atoms with Crippen molar-refractivity contribution < 1.29 is 14.0 Å². The van der Waals surface area contributed by atoms with Gasteiger partial charge in [0.2, 0.25) is 0 Å². The minimum absolute atomic E-state index is 0.00227. The molecule has 0 bridgehead atoms. The highest BCUT2D eigenvalue weighted by Crippen LogP contribution is 2.20. The van der Waals surface area contributed by atoms with Gasteiger partial charge in [-0.05, 0) is 18.2 Å². The minimum Gasteiger partial charge on any atom is -0.459 e. The Labute approximate surface area is 138 Å². The Kier molecular flexibility index (Phi) is 3.57. The predicted octanol–water partition coefficient (Wildman–Crippen LogP) is 2.36. The fourth-order valence-corrected chi connectivity index (χ4v) is 3.09. The van der Waals surface area contributed by atoms with Crippen LogP contribution in [0.2, 0.25) is 0 Å². The maximum absolute atomic E-state index is 12.8. The molecule has 3 aromatic rings. The standard InChI is InChI=1S/C18H17N3O3/c22-17(14-12-19-15-5-2-1-4-13(14)15)20-7-9-21(10-8-20)18(23)16-6-3-11-24-16/h1-6,11-12,19H,7-10H2. The summed E-state index contributed by atoms with van der Waals surface area (Å²) in [5.74, 6) is 0.211. The molecule has 0 spiro atoms. The largest absolute Gasteiger partial charge is 0.459 e. The van der Waals surface area contributed by atoms with E-state index in [9.17, 15) is 9.59 Å². The van der Waals surface area contributed by atoms with Gasteiger partial charge >= 0.3 is 0 Å². The Morgan fingerprint density at radius 2 is 1.62 bits per heavy atom. The first-order valence-electron chi connectivity index (χ1n) is 7.92. The van der Waals surface area contributed by atoms with E-state index in [-0.39, 0.29) is 11.8 Å². The molecule has 2 amide bonds. The van der Waals surface area contributed by atoms with Gasteiger partial charge in [0.05, 0.1) is 11.8 Å². The molecular weight excluding hydrogens is 306 g/mol. The van der Waals surface area contributed by atoms with Crippen molar-refractivity contribution >= 4 is 22.7 Å². The minimum atomic E-state index is -0.126. The van der Waals surface area contributed by atoms with Crippen molar-refractivity contribution in [3.63, 3.8) is 0 Å². The Morgan fingerprint density at radius 3 is 2.33 bits per heavy atom. The molecule has 122 valence electrons. The number of carbonyl (C=O) groups excluding carboxylic acids is 2. The van der Waals surface area contributed by atoms with E-state index in [0.29, 0.717) is 37.5 Å². The van der Waals surface area contributed by atoms with Crippen molar-refractivity contribution in [1.82, 2.24) is 14.8 Å². The summed E-state index contributed by atoms with van der Waals surface area (Å²) < 4.78 is 5.15. The van der Waals surface area contributed by atoms with E-state index in [4.69, 9.17) is 4.42 Å². The number of fused-ring (bicyclic) bond motifs is 1. The van der Waals surface area contributed by atoms with Crippen molar-refractivity contribution in [2.75, 3.05) is 26.2 Å². The fourth-order valence-electron chi connectivity index (χ4n) is 3.09. The fraction of sp³-hybridized carbons (Fsp3) is 0.222. The second-order valence-electron chi connectivity index (χ2n) is 5.81. The van der Waals surface area contributed by atoms with Gasteiger partial charge in [-0.1, -0.05) is 18.2 Å². The number of aromatic amines is 1. The second kappa shape index (κ2) is 5.88. The molecule has 4 rings (SSSR count). The van der Waals surface area contributed by atoms with Gasteiger partial charge < -0.3 is 19.2 Å². The van der Waals surface area contributed by atoms with Crippen LogP contribution in [-0.4, -0.2) is 52.8 Å². The van der Waals surface area contributed by atoms with E-state index in [1.165, 1.54) is 6.26 Å². The number of rotatable bonds is 2. The first-order valence-corrected chi connectivity index (χ1v) is 7.92. The highest BCUT2D eigenvalue weighted by molar-refractivity contribution is 6.06. The van der Waals surface area contributed by atoms with Gasteiger partial charge in [0.25, 0.3) is 11.8 Å². The molecule has 24 heavy (non-hydrogen) atoms. The van der Waals surface area contributed by atoms with Gasteiger partial charge in [0, 0.05) is 43.3 Å². The van der Waals surface area contributed by atoms with Crippen LogP contribution in [0.15, 0.2) is 53.3 Å². The van der Waals surface area contributed by atoms with E-state index in [2.05, 4.69) is 4.98 Å². The number of piperazine rings is 1. The number of aromatic nitrogens is 1. The quantitative estimate of drug-likeness (QED) is 0.787. The Bertz CT molecular complexity index is 874. The summed E-state index contributed by atoms with van der Waals surface area (Å²) in [4.78, 5) is 31.7. The van der Waals surface area contributed by atoms with Crippen LogP contribution in [0, 0.1) is 0 Å². The molecule has 6 heteroatoms. The Hall–Kier alpha value is -3.02. The van der Waals surface area contributed by atoms with Crippen molar-refractivity contribution in [3.8, 4) is 0 Å². The molecule has 1 fully saturated rings. The van der Waals surface area contributed by atoms with Gasteiger partial charge in [0.1, 0.15) is 0 Å². The lowest BCUT2D eigenvalue weighted by Gasteiger charge is -2.34. The molecule has 0 atom stereocenters. The van der Waals surface area contributed by atoms with Crippen LogP contribution in [0.5, 0.6) is 0 Å². The number of hydrogen-bond donors (Lipinski definition) is 1. The molecule has 0 unspecified atom stereocenters. The van der Waals surface area contributed by atoms with Gasteiger partial charge in [-0.2, -0.15) is 0 Å². The Balaban J connectivity index is 1.46. The zero-order chi connectivity index (χ0) is 16.5. The number of para-hydroxylation sites is 1. The van der Waals surface area contributed by atoms with E-state index in [0.717, 1.165) is 10.9 Å². The van der Waals surface area contributed by atoms with Gasteiger partial charge in [-0.3, -0.25) is 9.59 Å². The zero-order valence-electron chi connectivity index (χ0n) is 13.1. The van der Waals surface area contributed by atoms with Crippen LogP contribution in [0.1, 0.15) is 20.9 Å². The maximum atomic E-state index is 12.8. The molecule has 1 saturated heterocycles. The average molecular weight is 323 g/mol. The summed E-state index contributed by atoms with van der Waals surface area (Å²) in [7, 11) is 0. The number of amides is 2. The lowest BCUT2D eigenvalue weighted by atomic mass is 10.1. The van der Waals surface area contributed by atoms with E-state index < -0.39 is 0 Å². The summed E-state index contributed by atoms with van der Waals surface area (Å²) in [6.45, 7) is 2.05. The number of carbonyl (C=O) groups is 2. The van der Waals surface area contributed by atoms with Crippen LogP contribution in [0.3, 0.4) is 0 Å². The van der Waals surface area contributed by atoms with Gasteiger partial charge in [0.15, 0.2) is 5.76 Å². The average Bonchev–Trinajstić information content (AvgIpc) is 3.30. The first kappa shape index (κ1) is 14.6. The number of benzene rings is 1. The van der Waals surface area contributed by atoms with E-state index >= 15 is 0 Å². The van der Waals surface area contributed by atoms with Crippen molar-refractivity contribution in [2.45, 2.75) is 0 Å². The second-order valence-corrected chi connectivity index (χ2v) is 5.81. The molecule has 1 aliphatic rings. The molecule has 0 aliphatic carbocycles. The van der Waals surface area contributed by atoms with Crippen LogP contribution >= 0.6 is 0 Å². The van der Waals surface area contributed by atoms with Gasteiger partial charge in [-0.15, -0.1) is 0 Å². The number of H-pyrrole nitrogens is 1. The van der Waals surface area contributed by atoms with Crippen LogP contribution in [0.25, 0.3) is 10.9 Å². The third kappa shape index (κ3) is 2.46. The Morgan fingerprint density at radius 1 is 0.917 bits per heavy atom. The molecule has 0 radical (unpaired) electrons. The van der Waals surface area contributed by atoms with Crippen LogP contribution in [-0.2, 0) is 0 Å². The first-order chi connectivity index (χ1) is 11.7. The molecule has 1 aliphatic heterocycles.